The van der Waals surface area contributed by atoms with Gasteiger partial charge in [-0.15, -0.1) is 0 Å². The summed E-state index contributed by atoms with van der Waals surface area (Å²) in [6, 6.07) is 7.48. The number of ether oxygens (including phenoxy) is 1. The zero-order chi connectivity index (χ0) is 18.4. The topological polar surface area (TPSA) is 73.1 Å². The van der Waals surface area contributed by atoms with E-state index in [1.165, 1.54) is 6.42 Å². The Labute approximate surface area is 158 Å². The van der Waals surface area contributed by atoms with E-state index in [1.807, 2.05) is 30.3 Å². The van der Waals surface area contributed by atoms with Crippen molar-refractivity contribution in [2.75, 3.05) is 19.7 Å². The lowest BCUT2D eigenvalue weighted by Crippen LogP contribution is -2.37. The summed E-state index contributed by atoms with van der Waals surface area (Å²) in [6.07, 6.45) is 7.40. The maximum atomic E-state index is 6.15. The molecule has 0 aliphatic carbocycles. The minimum Gasteiger partial charge on any atom is -0.477 e. The average molecular weight is 371 g/mol. The Balaban J connectivity index is 1.84. The molecule has 3 N–H and O–H groups in total. The van der Waals surface area contributed by atoms with Gasteiger partial charge < -0.3 is 15.8 Å². The van der Waals surface area contributed by atoms with Crippen LogP contribution in [-0.2, 0) is 4.74 Å². The number of aromatic nitrogens is 2. The van der Waals surface area contributed by atoms with Crippen LogP contribution in [0.25, 0.3) is 17.5 Å². The molecule has 1 aromatic heterocycles. The van der Waals surface area contributed by atoms with E-state index in [1.54, 1.807) is 12.4 Å². The number of nitrogens with zero attached hydrogens (tertiary/aromatic N) is 2. The predicted molar refractivity (Wildman–Crippen MR) is 105 cm³/mol. The molecule has 2 heterocycles. The third-order valence-electron chi connectivity index (χ3n) is 4.36. The Bertz CT molecular complexity index is 873. The average Bonchev–Trinajstić information content (AvgIpc) is 2.68. The van der Waals surface area contributed by atoms with Gasteiger partial charge in [0.15, 0.2) is 0 Å². The van der Waals surface area contributed by atoms with Crippen molar-refractivity contribution >= 4 is 29.1 Å². The molecule has 0 amide bonds. The summed E-state index contributed by atoms with van der Waals surface area (Å²) < 4.78 is 5.80. The molecule has 0 saturated carbocycles. The fraction of sp³-hybridized carbons (Fsp3) is 0.300. The highest BCUT2D eigenvalue weighted by atomic mass is 35.5. The van der Waals surface area contributed by atoms with E-state index < -0.39 is 0 Å². The minimum absolute atomic E-state index is 0.291. The van der Waals surface area contributed by atoms with Crippen molar-refractivity contribution in [2.24, 2.45) is 11.7 Å². The first-order valence-electron chi connectivity index (χ1n) is 8.70. The number of nitrogens with two attached hydrogens (primary N) is 1. The molecule has 5 nitrogen and oxygen atoms in total. The molecule has 2 aromatic rings. The maximum absolute atomic E-state index is 6.15. The van der Waals surface area contributed by atoms with E-state index in [4.69, 9.17) is 22.1 Å². The highest BCUT2D eigenvalue weighted by Gasteiger charge is 2.13. The molecule has 1 aliphatic rings. The van der Waals surface area contributed by atoms with Gasteiger partial charge in [-0.05, 0) is 48.7 Å². The van der Waals surface area contributed by atoms with Crippen molar-refractivity contribution in [3.05, 3.63) is 64.5 Å². The SMILES string of the molecule is C=C(/C=c1/nccn/c1=C(/N)OC[C@H]1CCCNC1)c1ccc(Cl)cc1. The molecule has 3 rings (SSSR count). The maximum Gasteiger partial charge on any atom is 0.212 e. The Morgan fingerprint density at radius 2 is 2.08 bits per heavy atom. The van der Waals surface area contributed by atoms with Gasteiger partial charge in [-0.25, -0.2) is 4.98 Å². The normalized spacial score (nSPS) is 19.1. The van der Waals surface area contributed by atoms with Crippen LogP contribution >= 0.6 is 11.6 Å². The molecule has 1 atom stereocenters. The van der Waals surface area contributed by atoms with Gasteiger partial charge in [0, 0.05) is 29.9 Å². The molecular formula is C20H23ClN4O. The first-order chi connectivity index (χ1) is 12.6. The first kappa shape index (κ1) is 18.4. The van der Waals surface area contributed by atoms with Crippen LogP contribution in [0.3, 0.4) is 0 Å². The fourth-order valence-corrected chi connectivity index (χ4v) is 3.02. The zero-order valence-electron chi connectivity index (χ0n) is 14.6. The van der Waals surface area contributed by atoms with Crippen molar-refractivity contribution in [3.8, 4) is 0 Å². The van der Waals surface area contributed by atoms with E-state index in [2.05, 4.69) is 21.9 Å². The Kier molecular flexibility index (Phi) is 6.26. The molecule has 1 aromatic carbocycles. The zero-order valence-corrected chi connectivity index (χ0v) is 15.4. The lowest BCUT2D eigenvalue weighted by Gasteiger charge is -2.22. The number of piperidine rings is 1. The summed E-state index contributed by atoms with van der Waals surface area (Å²) in [4.78, 5) is 8.72. The summed E-state index contributed by atoms with van der Waals surface area (Å²) in [5.74, 6) is 0.759. The highest BCUT2D eigenvalue weighted by Crippen LogP contribution is 2.16. The van der Waals surface area contributed by atoms with Crippen molar-refractivity contribution in [2.45, 2.75) is 12.8 Å². The van der Waals surface area contributed by atoms with Gasteiger partial charge in [0.25, 0.3) is 0 Å². The third kappa shape index (κ3) is 4.84. The first-order valence-corrected chi connectivity index (χ1v) is 9.08. The summed E-state index contributed by atoms with van der Waals surface area (Å²) in [5.41, 5.74) is 7.91. The van der Waals surface area contributed by atoms with Gasteiger partial charge in [-0.2, -0.15) is 0 Å². The van der Waals surface area contributed by atoms with Crippen LogP contribution in [0, 0.1) is 5.92 Å². The van der Waals surface area contributed by atoms with Crippen molar-refractivity contribution < 1.29 is 4.74 Å². The lowest BCUT2D eigenvalue weighted by molar-refractivity contribution is 0.185. The monoisotopic (exact) mass is 370 g/mol. The number of hydrogen-bond donors (Lipinski definition) is 2. The van der Waals surface area contributed by atoms with Crippen LogP contribution in [0.5, 0.6) is 0 Å². The largest absolute Gasteiger partial charge is 0.477 e. The Morgan fingerprint density at radius 1 is 1.31 bits per heavy atom. The van der Waals surface area contributed by atoms with Gasteiger partial charge in [-0.1, -0.05) is 30.3 Å². The lowest BCUT2D eigenvalue weighted by atomic mass is 10.0. The van der Waals surface area contributed by atoms with Crippen LogP contribution in [0.4, 0.5) is 0 Å². The minimum atomic E-state index is 0.291. The van der Waals surface area contributed by atoms with Crippen molar-refractivity contribution in [1.82, 2.24) is 15.3 Å². The second-order valence-electron chi connectivity index (χ2n) is 6.35. The van der Waals surface area contributed by atoms with E-state index in [-0.39, 0.29) is 0 Å². The number of benzene rings is 1. The Hall–Kier alpha value is -2.37. The predicted octanol–water partition coefficient (Wildman–Crippen LogP) is 1.66. The third-order valence-corrected chi connectivity index (χ3v) is 4.61. The summed E-state index contributed by atoms with van der Waals surface area (Å²) in [5, 5.41) is 5.22. The van der Waals surface area contributed by atoms with Crippen LogP contribution in [0.1, 0.15) is 18.4 Å². The fourth-order valence-electron chi connectivity index (χ4n) is 2.90. The quantitative estimate of drug-likeness (QED) is 0.837. The Morgan fingerprint density at radius 3 is 2.81 bits per heavy atom. The molecule has 26 heavy (non-hydrogen) atoms. The van der Waals surface area contributed by atoms with Crippen molar-refractivity contribution in [3.63, 3.8) is 0 Å². The van der Waals surface area contributed by atoms with Crippen LogP contribution < -0.4 is 21.7 Å². The number of rotatable bonds is 5. The molecule has 0 bridgehead atoms. The van der Waals surface area contributed by atoms with Gasteiger partial charge in [0.05, 0.1) is 12.0 Å². The standard InChI is InChI=1S/C20H23ClN4O/c1-14(16-4-6-17(21)7-5-16)11-18-19(25-10-9-24-18)20(22)26-13-15-3-2-8-23-12-15/h4-7,9-11,15,23H,1-3,8,12-13,22H2/b18-11+,20-19-/t15-/m0/s1. The van der Waals surface area contributed by atoms with Crippen LogP contribution in [-0.4, -0.2) is 29.7 Å². The highest BCUT2D eigenvalue weighted by molar-refractivity contribution is 6.30. The smallest absolute Gasteiger partial charge is 0.212 e. The van der Waals surface area contributed by atoms with E-state index in [0.717, 1.165) is 30.6 Å². The summed E-state index contributed by atoms with van der Waals surface area (Å²) >= 11 is 5.94. The number of hydrogen-bond acceptors (Lipinski definition) is 5. The van der Waals surface area contributed by atoms with Gasteiger partial charge in [0.2, 0.25) is 5.88 Å². The summed E-state index contributed by atoms with van der Waals surface area (Å²) in [7, 11) is 0. The van der Waals surface area contributed by atoms with E-state index in [0.29, 0.717) is 34.1 Å². The molecule has 1 aliphatic heterocycles. The van der Waals surface area contributed by atoms with Crippen LogP contribution in [0.15, 0.2) is 43.2 Å². The second-order valence-corrected chi connectivity index (χ2v) is 6.79. The molecular weight excluding hydrogens is 348 g/mol. The van der Waals surface area contributed by atoms with E-state index >= 15 is 0 Å². The molecule has 0 unspecified atom stereocenters. The van der Waals surface area contributed by atoms with Crippen LogP contribution in [0.2, 0.25) is 5.02 Å². The number of nitrogens with one attached hydrogen (secondary N) is 1. The van der Waals surface area contributed by atoms with Crippen molar-refractivity contribution in [1.29, 1.82) is 0 Å². The summed E-state index contributed by atoms with van der Waals surface area (Å²) in [6.45, 7) is 6.71. The van der Waals surface area contributed by atoms with E-state index in [9.17, 15) is 0 Å². The molecule has 6 heteroatoms. The number of allylic oxidation sites excluding steroid dienone is 1. The van der Waals surface area contributed by atoms with Gasteiger partial charge in [0.1, 0.15) is 5.35 Å². The molecule has 0 spiro atoms. The molecule has 1 fully saturated rings. The van der Waals surface area contributed by atoms with Gasteiger partial charge in [-0.3, -0.25) is 4.98 Å². The second kappa shape index (κ2) is 8.83. The number of halogens is 1. The molecule has 1 saturated heterocycles. The molecule has 0 radical (unpaired) electrons. The molecule has 136 valence electrons. The van der Waals surface area contributed by atoms with Gasteiger partial charge >= 0.3 is 0 Å².